The number of unbranched alkanes of at least 4 members (excludes halogenated alkanes) is 1. The van der Waals surface area contributed by atoms with Gasteiger partial charge in [-0.25, -0.2) is 0 Å². The molecule has 3 N–H and O–H groups in total. The lowest BCUT2D eigenvalue weighted by molar-refractivity contribution is -0.140. The molecule has 0 saturated carbocycles. The Morgan fingerprint density at radius 2 is 1.10 bits per heavy atom. The first-order valence-corrected chi connectivity index (χ1v) is 20.6. The van der Waals surface area contributed by atoms with Crippen LogP contribution in [0, 0.1) is 5.41 Å². The maximum Gasteiger partial charge on any atom is 0.249 e. The van der Waals surface area contributed by atoms with Crippen molar-refractivity contribution in [3.8, 4) is 0 Å². The molecule has 0 aromatic rings. The van der Waals surface area contributed by atoms with Crippen LogP contribution in [-0.4, -0.2) is 75.8 Å². The number of carbonyl (C=O) groups is 3. The van der Waals surface area contributed by atoms with Crippen molar-refractivity contribution in [1.82, 2.24) is 16.0 Å². The fourth-order valence-corrected chi connectivity index (χ4v) is 5.94. The Hall–Kier alpha value is -2.27. The lowest BCUT2D eigenvalue weighted by Gasteiger charge is -2.31. The summed E-state index contributed by atoms with van der Waals surface area (Å²) in [7, 11) is 6.41. The van der Waals surface area contributed by atoms with Crippen molar-refractivity contribution in [1.29, 1.82) is 0 Å². The van der Waals surface area contributed by atoms with Gasteiger partial charge >= 0.3 is 0 Å². The summed E-state index contributed by atoms with van der Waals surface area (Å²) in [6, 6.07) is 0. The maximum atomic E-state index is 12.4. The molecule has 49 heavy (non-hydrogen) atoms. The fraction of sp³-hybridized carbons (Fsp3) is 0.667. The molecule has 0 saturated heterocycles. The van der Waals surface area contributed by atoms with Gasteiger partial charge in [0.2, 0.25) is 17.7 Å². The number of ether oxygens (including phenoxy) is 2. The van der Waals surface area contributed by atoms with E-state index in [2.05, 4.69) is 83.6 Å². The monoisotopic (exact) mass is 725 g/mol. The number of methoxy groups -OCH3 is 2. The molecule has 3 amide bonds. The minimum Gasteiger partial charge on any atom is -0.384 e. The van der Waals surface area contributed by atoms with Gasteiger partial charge < -0.3 is 25.4 Å². The Bertz CT molecular complexity index is 934. The van der Waals surface area contributed by atoms with Gasteiger partial charge in [-0.3, -0.25) is 14.4 Å². The van der Waals surface area contributed by atoms with E-state index in [0.29, 0.717) is 26.1 Å². The van der Waals surface area contributed by atoms with Gasteiger partial charge in [0.1, 0.15) is 6.10 Å². The van der Waals surface area contributed by atoms with Gasteiger partial charge in [-0.1, -0.05) is 131 Å². The van der Waals surface area contributed by atoms with E-state index < -0.39 is 11.5 Å². The molecule has 0 rings (SSSR count). The van der Waals surface area contributed by atoms with Crippen LogP contribution in [0.5, 0.6) is 0 Å². The molecule has 0 aromatic heterocycles. The molecule has 0 radical (unpaired) electrons. The molecular weight excluding hydrogens is 655 g/mol. The molecule has 0 aliphatic rings. The van der Waals surface area contributed by atoms with E-state index >= 15 is 0 Å². The Balaban J connectivity index is -0.00000508. The summed E-state index contributed by atoms with van der Waals surface area (Å²) in [6.07, 6.45) is 28.7. The van der Waals surface area contributed by atoms with Crippen LogP contribution < -0.4 is 16.0 Å². The van der Waals surface area contributed by atoms with Gasteiger partial charge in [0, 0.05) is 63.6 Å². The van der Waals surface area contributed by atoms with E-state index in [1.165, 1.54) is 7.11 Å². The van der Waals surface area contributed by atoms with Crippen molar-refractivity contribution >= 4 is 39.3 Å². The second-order valence-electron chi connectivity index (χ2n) is 11.0. The molecule has 0 fully saturated rings. The second-order valence-corrected chi connectivity index (χ2v) is 13.7. The molecule has 0 spiro atoms. The number of rotatable bonds is 28. The van der Waals surface area contributed by atoms with Gasteiger partial charge in [0.05, 0.1) is 6.61 Å². The van der Waals surface area contributed by atoms with Crippen LogP contribution >= 0.6 is 21.6 Å². The second kappa shape index (κ2) is 40.2. The van der Waals surface area contributed by atoms with Crippen molar-refractivity contribution in [2.24, 2.45) is 5.41 Å². The van der Waals surface area contributed by atoms with Crippen LogP contribution in [0.3, 0.4) is 0 Å². The van der Waals surface area contributed by atoms with Crippen LogP contribution in [-0.2, 0) is 23.9 Å². The lowest BCUT2D eigenvalue weighted by atomic mass is 9.86. The average molecular weight is 726 g/mol. The van der Waals surface area contributed by atoms with Gasteiger partial charge in [-0.15, -0.1) is 0 Å². The summed E-state index contributed by atoms with van der Waals surface area (Å²) in [5.74, 6) is 1.30. The van der Waals surface area contributed by atoms with Crippen molar-refractivity contribution in [3.05, 3.63) is 60.8 Å². The van der Waals surface area contributed by atoms with Gasteiger partial charge in [-0.2, -0.15) is 0 Å². The first-order valence-electron chi connectivity index (χ1n) is 18.1. The zero-order valence-corrected chi connectivity index (χ0v) is 33.9. The summed E-state index contributed by atoms with van der Waals surface area (Å²) in [5.41, 5.74) is -0.481. The minimum absolute atomic E-state index is 0.0892. The minimum atomic E-state index is -0.659. The summed E-state index contributed by atoms with van der Waals surface area (Å²) in [4.78, 5) is 36.5. The van der Waals surface area contributed by atoms with E-state index in [4.69, 9.17) is 9.47 Å². The summed E-state index contributed by atoms with van der Waals surface area (Å²) in [6.45, 7) is 15.8. The molecule has 284 valence electrons. The highest BCUT2D eigenvalue weighted by molar-refractivity contribution is 8.76. The predicted octanol–water partition coefficient (Wildman–Crippen LogP) is 8.77. The molecule has 1 atom stereocenters. The Kier molecular flexibility index (Phi) is 41.9. The Morgan fingerprint density at radius 1 is 0.653 bits per heavy atom. The maximum absolute atomic E-state index is 12.4. The topological polar surface area (TPSA) is 106 Å². The van der Waals surface area contributed by atoms with Crippen LogP contribution in [0.4, 0.5) is 0 Å². The molecule has 0 aliphatic carbocycles. The van der Waals surface area contributed by atoms with E-state index in [1.807, 2.05) is 41.5 Å². The van der Waals surface area contributed by atoms with Crippen LogP contribution in [0.25, 0.3) is 0 Å². The largest absolute Gasteiger partial charge is 0.384 e. The predicted molar refractivity (Wildman–Crippen MR) is 216 cm³/mol. The van der Waals surface area contributed by atoms with Gasteiger partial charge in [-0.05, 0) is 44.9 Å². The quantitative estimate of drug-likeness (QED) is 0.0421. The zero-order chi connectivity index (χ0) is 37.4. The van der Waals surface area contributed by atoms with Crippen molar-refractivity contribution in [3.63, 3.8) is 0 Å². The number of hydrogen-bond acceptors (Lipinski definition) is 7. The van der Waals surface area contributed by atoms with E-state index in [0.717, 1.165) is 56.5 Å². The van der Waals surface area contributed by atoms with E-state index in [9.17, 15) is 14.4 Å². The zero-order valence-electron chi connectivity index (χ0n) is 32.3. The first kappa shape index (κ1) is 51.1. The standard InChI is InChI=1S/C35H59N3O5S2.2C2H6/c1-6-7-8-9-10-11-12-13-14-15-16-17-18-19-20-21-22-23-31(39)36-26-28-44-45-29-27-37-32(40)24-25-38-34(41)33(43-5)35(2,3)30-42-4;2*1-2/h7-8,10-11,13-14,16-17,19-20,33H,6,9,12,15,18,21-30H2,1-5H3,(H,36,39)(H,37,40)(H,38,41);2*1-2H3/b8-7-,11-10-,14-13-,17-16-,20-19-;;/t33-;;/m0../s1. The van der Waals surface area contributed by atoms with Crippen LogP contribution in [0.15, 0.2) is 60.8 Å². The van der Waals surface area contributed by atoms with Crippen LogP contribution in [0.2, 0.25) is 0 Å². The highest BCUT2D eigenvalue weighted by Gasteiger charge is 2.35. The average Bonchev–Trinajstić information content (AvgIpc) is 3.09. The number of allylic oxidation sites excluding steroid dienone is 10. The molecule has 0 unspecified atom stereocenters. The summed E-state index contributed by atoms with van der Waals surface area (Å²) < 4.78 is 10.5. The number of amides is 3. The van der Waals surface area contributed by atoms with Crippen molar-refractivity contribution in [2.75, 3.05) is 52.0 Å². The van der Waals surface area contributed by atoms with Gasteiger partial charge in [0.15, 0.2) is 0 Å². The summed E-state index contributed by atoms with van der Waals surface area (Å²) in [5, 5.41) is 8.60. The van der Waals surface area contributed by atoms with Crippen molar-refractivity contribution < 1.29 is 23.9 Å². The number of hydrogen-bond donors (Lipinski definition) is 3. The molecular formula is C39H71N3O5S2. The lowest BCUT2D eigenvalue weighted by Crippen LogP contribution is -2.47. The SMILES string of the molecule is CC.CC.CC/C=C\C/C=C\C/C=C\C/C=C\C/C=C\CCCC(=O)NCCSSCCNC(=O)CCNC(=O)[C@H](OC)C(C)(C)COC. The first-order chi connectivity index (χ1) is 23.8. The van der Waals surface area contributed by atoms with E-state index in [-0.39, 0.29) is 30.7 Å². The Labute approximate surface area is 308 Å². The van der Waals surface area contributed by atoms with E-state index in [1.54, 1.807) is 28.7 Å². The molecule has 8 nitrogen and oxygen atoms in total. The Morgan fingerprint density at radius 3 is 1.55 bits per heavy atom. The third kappa shape index (κ3) is 35.4. The van der Waals surface area contributed by atoms with Gasteiger partial charge in [0.25, 0.3) is 0 Å². The number of nitrogens with one attached hydrogen (secondary N) is 3. The van der Waals surface area contributed by atoms with Crippen LogP contribution in [0.1, 0.15) is 106 Å². The highest BCUT2D eigenvalue weighted by Crippen LogP contribution is 2.23. The fourth-order valence-electron chi connectivity index (χ4n) is 4.13. The molecule has 0 bridgehead atoms. The molecule has 0 aromatic carbocycles. The molecule has 10 heteroatoms. The number of carbonyl (C=O) groups excluding carboxylic acids is 3. The third-order valence-electron chi connectivity index (χ3n) is 6.38. The normalized spacial score (nSPS) is 12.3. The third-order valence-corrected chi connectivity index (χ3v) is 8.79. The molecule has 0 aliphatic heterocycles. The van der Waals surface area contributed by atoms with Crippen molar-refractivity contribution in [2.45, 2.75) is 112 Å². The summed E-state index contributed by atoms with van der Waals surface area (Å²) >= 11 is 0. The highest BCUT2D eigenvalue weighted by atomic mass is 33.1. The smallest absolute Gasteiger partial charge is 0.249 e. The molecule has 0 heterocycles.